The quantitative estimate of drug-likeness (QED) is 0.532. The number of benzene rings is 2. The lowest BCUT2D eigenvalue weighted by Crippen LogP contribution is -1.92. The summed E-state index contributed by atoms with van der Waals surface area (Å²) in [6, 6.07) is 3.20. The lowest BCUT2D eigenvalue weighted by molar-refractivity contribution is 0.447. The lowest BCUT2D eigenvalue weighted by Gasteiger charge is -1.99. The number of imidazole rings is 1. The van der Waals surface area contributed by atoms with Crippen molar-refractivity contribution in [2.75, 3.05) is 0 Å². The number of rotatable bonds is 1. The average Bonchev–Trinajstić information content (AvgIpc) is 2.79. The minimum Gasteiger partial charge on any atom is -0.338 e. The first kappa shape index (κ1) is 12.6. The second-order valence-electron chi connectivity index (χ2n) is 4.12. The van der Waals surface area contributed by atoms with E-state index in [1.54, 1.807) is 0 Å². The molecule has 102 valence electrons. The SMILES string of the molecule is Fc1cc2nc(-c3cc(F)c(F)c(F)c3)[nH]c2cc1F. The van der Waals surface area contributed by atoms with Gasteiger partial charge < -0.3 is 4.98 Å². The zero-order chi connectivity index (χ0) is 14.4. The van der Waals surface area contributed by atoms with Gasteiger partial charge in [-0.2, -0.15) is 0 Å². The van der Waals surface area contributed by atoms with E-state index in [9.17, 15) is 22.0 Å². The van der Waals surface area contributed by atoms with Crippen molar-refractivity contribution in [3.05, 3.63) is 53.4 Å². The van der Waals surface area contributed by atoms with E-state index in [1.807, 2.05) is 0 Å². The summed E-state index contributed by atoms with van der Waals surface area (Å²) in [5.41, 5.74) is 0.173. The first-order chi connectivity index (χ1) is 9.45. The van der Waals surface area contributed by atoms with Crippen molar-refractivity contribution in [2.24, 2.45) is 0 Å². The van der Waals surface area contributed by atoms with Crippen LogP contribution in [0.5, 0.6) is 0 Å². The molecule has 0 aliphatic carbocycles. The third-order valence-corrected chi connectivity index (χ3v) is 2.78. The van der Waals surface area contributed by atoms with Gasteiger partial charge >= 0.3 is 0 Å². The molecule has 0 saturated heterocycles. The van der Waals surface area contributed by atoms with Crippen molar-refractivity contribution in [1.29, 1.82) is 0 Å². The molecule has 3 aromatic rings. The highest BCUT2D eigenvalue weighted by Crippen LogP contribution is 2.25. The highest BCUT2D eigenvalue weighted by Gasteiger charge is 2.15. The smallest absolute Gasteiger partial charge is 0.194 e. The molecule has 0 spiro atoms. The van der Waals surface area contributed by atoms with Gasteiger partial charge in [0.15, 0.2) is 29.1 Å². The summed E-state index contributed by atoms with van der Waals surface area (Å²) in [4.78, 5) is 6.46. The fraction of sp³-hybridized carbons (Fsp3) is 0. The Morgan fingerprint density at radius 3 is 2.00 bits per heavy atom. The molecule has 0 radical (unpaired) electrons. The molecular weight excluding hydrogens is 279 g/mol. The van der Waals surface area contributed by atoms with Crippen LogP contribution in [0.2, 0.25) is 0 Å². The fourth-order valence-electron chi connectivity index (χ4n) is 1.83. The molecule has 20 heavy (non-hydrogen) atoms. The summed E-state index contributed by atoms with van der Waals surface area (Å²) in [6.07, 6.45) is 0. The van der Waals surface area contributed by atoms with Crippen LogP contribution in [0, 0.1) is 29.1 Å². The van der Waals surface area contributed by atoms with Crippen LogP contribution in [0.3, 0.4) is 0 Å². The highest BCUT2D eigenvalue weighted by atomic mass is 19.2. The number of hydrogen-bond acceptors (Lipinski definition) is 1. The number of fused-ring (bicyclic) bond motifs is 1. The predicted octanol–water partition coefficient (Wildman–Crippen LogP) is 3.93. The van der Waals surface area contributed by atoms with E-state index < -0.39 is 29.1 Å². The van der Waals surface area contributed by atoms with Crippen molar-refractivity contribution in [3.63, 3.8) is 0 Å². The molecule has 1 aromatic heterocycles. The molecule has 0 amide bonds. The van der Waals surface area contributed by atoms with Crippen LogP contribution in [0.1, 0.15) is 0 Å². The van der Waals surface area contributed by atoms with E-state index in [4.69, 9.17) is 0 Å². The molecule has 0 fully saturated rings. The summed E-state index contributed by atoms with van der Waals surface area (Å²) in [5, 5.41) is 0. The zero-order valence-electron chi connectivity index (χ0n) is 9.65. The van der Waals surface area contributed by atoms with Gasteiger partial charge in [0.2, 0.25) is 0 Å². The Morgan fingerprint density at radius 1 is 0.750 bits per heavy atom. The Hall–Kier alpha value is -2.44. The van der Waals surface area contributed by atoms with Gasteiger partial charge in [-0.15, -0.1) is 0 Å². The van der Waals surface area contributed by atoms with E-state index in [2.05, 4.69) is 9.97 Å². The second-order valence-corrected chi connectivity index (χ2v) is 4.12. The maximum absolute atomic E-state index is 13.1. The molecular formula is C13H5F5N2. The molecule has 0 atom stereocenters. The summed E-state index contributed by atoms with van der Waals surface area (Å²) < 4.78 is 65.2. The van der Waals surface area contributed by atoms with Crippen LogP contribution in [-0.4, -0.2) is 9.97 Å². The van der Waals surface area contributed by atoms with Gasteiger partial charge in [-0.25, -0.2) is 26.9 Å². The maximum atomic E-state index is 13.1. The zero-order valence-corrected chi connectivity index (χ0v) is 9.65. The van der Waals surface area contributed by atoms with Crippen LogP contribution in [0.4, 0.5) is 22.0 Å². The Labute approximate surface area is 108 Å². The van der Waals surface area contributed by atoms with Gasteiger partial charge in [-0.05, 0) is 12.1 Å². The topological polar surface area (TPSA) is 28.7 Å². The Morgan fingerprint density at radius 2 is 1.35 bits per heavy atom. The number of halogens is 5. The Balaban J connectivity index is 2.20. The van der Waals surface area contributed by atoms with E-state index in [-0.39, 0.29) is 22.4 Å². The average molecular weight is 284 g/mol. The maximum Gasteiger partial charge on any atom is 0.194 e. The predicted molar refractivity (Wildman–Crippen MR) is 61.3 cm³/mol. The number of nitrogens with zero attached hydrogens (tertiary/aromatic N) is 1. The standard InChI is InChI=1S/C13H5F5N2/c14-6-3-10-11(4-7(6)15)20-13(19-10)5-1-8(16)12(18)9(17)2-5/h1-4H,(H,19,20). The van der Waals surface area contributed by atoms with Crippen molar-refractivity contribution in [3.8, 4) is 11.4 Å². The molecule has 1 N–H and O–H groups in total. The molecule has 0 unspecified atom stereocenters. The number of H-pyrrole nitrogens is 1. The molecule has 0 saturated carbocycles. The minimum atomic E-state index is -1.60. The van der Waals surface area contributed by atoms with Gasteiger partial charge in [0.05, 0.1) is 11.0 Å². The Kier molecular flexibility index (Phi) is 2.70. The van der Waals surface area contributed by atoms with Crippen LogP contribution in [0.15, 0.2) is 24.3 Å². The van der Waals surface area contributed by atoms with Crippen molar-refractivity contribution >= 4 is 11.0 Å². The van der Waals surface area contributed by atoms with Gasteiger partial charge in [0.25, 0.3) is 0 Å². The second kappa shape index (κ2) is 4.29. The molecule has 3 rings (SSSR count). The van der Waals surface area contributed by atoms with Gasteiger partial charge in [0, 0.05) is 17.7 Å². The third-order valence-electron chi connectivity index (χ3n) is 2.78. The van der Waals surface area contributed by atoms with Crippen LogP contribution < -0.4 is 0 Å². The van der Waals surface area contributed by atoms with Crippen LogP contribution >= 0.6 is 0 Å². The summed E-state index contributed by atoms with van der Waals surface area (Å²) >= 11 is 0. The van der Waals surface area contributed by atoms with E-state index in [1.165, 1.54) is 0 Å². The number of aromatic nitrogens is 2. The molecule has 7 heteroatoms. The highest BCUT2D eigenvalue weighted by molar-refractivity contribution is 5.79. The Bertz CT molecular complexity index is 763. The first-order valence-electron chi connectivity index (χ1n) is 5.45. The number of aromatic amines is 1. The monoisotopic (exact) mass is 284 g/mol. The summed E-state index contributed by atoms with van der Waals surface area (Å²) in [5.74, 6) is -6.54. The van der Waals surface area contributed by atoms with Gasteiger partial charge in [-0.1, -0.05) is 0 Å². The molecule has 0 aliphatic heterocycles. The van der Waals surface area contributed by atoms with E-state index in [0.717, 1.165) is 24.3 Å². The lowest BCUT2D eigenvalue weighted by atomic mass is 10.2. The van der Waals surface area contributed by atoms with E-state index >= 15 is 0 Å². The largest absolute Gasteiger partial charge is 0.338 e. The fourth-order valence-corrected chi connectivity index (χ4v) is 1.83. The third kappa shape index (κ3) is 1.91. The summed E-state index contributed by atoms with van der Waals surface area (Å²) in [7, 11) is 0. The van der Waals surface area contributed by atoms with Crippen LogP contribution in [-0.2, 0) is 0 Å². The van der Waals surface area contributed by atoms with Crippen LogP contribution in [0.25, 0.3) is 22.4 Å². The minimum absolute atomic E-state index is 0.0252. The van der Waals surface area contributed by atoms with Crippen molar-refractivity contribution in [1.82, 2.24) is 9.97 Å². The molecule has 2 nitrogen and oxygen atoms in total. The molecule has 0 aliphatic rings. The van der Waals surface area contributed by atoms with Gasteiger partial charge in [0.1, 0.15) is 5.82 Å². The van der Waals surface area contributed by atoms with Gasteiger partial charge in [-0.3, -0.25) is 0 Å². The number of nitrogens with one attached hydrogen (secondary N) is 1. The normalized spacial score (nSPS) is 11.2. The van der Waals surface area contributed by atoms with Crippen molar-refractivity contribution < 1.29 is 22.0 Å². The molecule has 1 heterocycles. The van der Waals surface area contributed by atoms with E-state index in [0.29, 0.717) is 0 Å². The number of hydrogen-bond donors (Lipinski definition) is 1. The molecule has 2 aromatic carbocycles. The van der Waals surface area contributed by atoms with Crippen molar-refractivity contribution in [2.45, 2.75) is 0 Å². The first-order valence-corrected chi connectivity index (χ1v) is 5.45. The summed E-state index contributed by atoms with van der Waals surface area (Å²) in [6.45, 7) is 0. The molecule has 0 bridgehead atoms.